The molecule has 0 bridgehead atoms. The first-order valence-electron chi connectivity index (χ1n) is 6.47. The first kappa shape index (κ1) is 14.5. The monoisotopic (exact) mass is 274 g/mol. The molecule has 0 saturated carbocycles. The van der Waals surface area contributed by atoms with Crippen LogP contribution >= 0.6 is 0 Å². The van der Waals surface area contributed by atoms with E-state index in [-0.39, 0.29) is 5.82 Å². The molecule has 0 fully saturated rings. The summed E-state index contributed by atoms with van der Waals surface area (Å²) in [7, 11) is 1.64. The van der Waals surface area contributed by atoms with Gasteiger partial charge in [0, 0.05) is 0 Å². The van der Waals surface area contributed by atoms with Crippen LogP contribution in [0, 0.1) is 12.7 Å². The fourth-order valence-corrected chi connectivity index (χ4v) is 2.25. The molecule has 1 aromatic heterocycles. The summed E-state index contributed by atoms with van der Waals surface area (Å²) in [5.74, 6) is 0.437. The van der Waals surface area contributed by atoms with Crippen molar-refractivity contribution >= 4 is 0 Å². The van der Waals surface area contributed by atoms with Gasteiger partial charge in [-0.15, -0.1) is 0 Å². The second kappa shape index (κ2) is 5.59. The first-order valence-corrected chi connectivity index (χ1v) is 6.47. The van der Waals surface area contributed by atoms with E-state index in [2.05, 4.69) is 4.98 Å². The van der Waals surface area contributed by atoms with Crippen molar-refractivity contribution in [3.8, 4) is 5.75 Å². The molecular weight excluding hydrogens is 255 g/mol. The number of nitrogens with two attached hydrogens (primary N) is 1. The van der Waals surface area contributed by atoms with Crippen LogP contribution in [0.2, 0.25) is 0 Å². The molecule has 106 valence electrons. The van der Waals surface area contributed by atoms with E-state index in [0.29, 0.717) is 12.1 Å². The average molecular weight is 274 g/mol. The second-order valence-corrected chi connectivity index (χ2v) is 5.27. The molecule has 20 heavy (non-hydrogen) atoms. The lowest BCUT2D eigenvalue weighted by Gasteiger charge is -2.25. The number of pyridine rings is 1. The molecule has 0 amide bonds. The maximum Gasteiger partial charge on any atom is 0.141 e. The maximum atomic E-state index is 13.0. The maximum absolute atomic E-state index is 13.0. The zero-order valence-corrected chi connectivity index (χ0v) is 12.0. The van der Waals surface area contributed by atoms with Crippen LogP contribution in [0.25, 0.3) is 0 Å². The highest BCUT2D eigenvalue weighted by atomic mass is 19.1. The quantitative estimate of drug-likeness (QED) is 0.932. The van der Waals surface area contributed by atoms with Crippen molar-refractivity contribution in [2.75, 3.05) is 7.11 Å². The summed E-state index contributed by atoms with van der Waals surface area (Å²) in [6, 6.07) is 8.97. The average Bonchev–Trinajstić information content (AvgIpc) is 2.39. The number of hydrogen-bond acceptors (Lipinski definition) is 3. The van der Waals surface area contributed by atoms with E-state index >= 15 is 0 Å². The SMILES string of the molecule is COc1ccc(C)cc1CC(C)(N)c1ccc(F)cn1. The summed E-state index contributed by atoms with van der Waals surface area (Å²) in [5.41, 5.74) is 8.48. The van der Waals surface area contributed by atoms with E-state index in [1.807, 2.05) is 32.0 Å². The van der Waals surface area contributed by atoms with Gasteiger partial charge in [0.2, 0.25) is 0 Å². The van der Waals surface area contributed by atoms with E-state index < -0.39 is 5.54 Å². The van der Waals surface area contributed by atoms with Crippen molar-refractivity contribution in [2.24, 2.45) is 5.73 Å². The van der Waals surface area contributed by atoms with E-state index in [1.54, 1.807) is 13.2 Å². The number of hydrogen-bond donors (Lipinski definition) is 1. The molecule has 1 unspecified atom stereocenters. The van der Waals surface area contributed by atoms with Crippen LogP contribution in [0.4, 0.5) is 4.39 Å². The molecule has 1 aromatic carbocycles. The summed E-state index contributed by atoms with van der Waals surface area (Å²) in [5, 5.41) is 0. The van der Waals surface area contributed by atoms with Crippen molar-refractivity contribution in [1.82, 2.24) is 4.98 Å². The van der Waals surface area contributed by atoms with Crippen LogP contribution in [0.3, 0.4) is 0 Å². The van der Waals surface area contributed by atoms with E-state index in [1.165, 1.54) is 12.3 Å². The largest absolute Gasteiger partial charge is 0.496 e. The van der Waals surface area contributed by atoms with Crippen LogP contribution in [-0.2, 0) is 12.0 Å². The van der Waals surface area contributed by atoms with Crippen molar-refractivity contribution in [2.45, 2.75) is 25.8 Å². The van der Waals surface area contributed by atoms with Gasteiger partial charge in [-0.2, -0.15) is 0 Å². The molecule has 0 radical (unpaired) electrons. The third kappa shape index (κ3) is 3.14. The number of nitrogens with zero attached hydrogens (tertiary/aromatic N) is 1. The summed E-state index contributed by atoms with van der Waals surface area (Å²) >= 11 is 0. The summed E-state index contributed by atoms with van der Waals surface area (Å²) in [4.78, 5) is 4.08. The van der Waals surface area contributed by atoms with Gasteiger partial charge in [-0.3, -0.25) is 4.98 Å². The Hall–Kier alpha value is -1.94. The van der Waals surface area contributed by atoms with Crippen LogP contribution in [-0.4, -0.2) is 12.1 Å². The lowest BCUT2D eigenvalue weighted by molar-refractivity contribution is 0.397. The van der Waals surface area contributed by atoms with Gasteiger partial charge in [0.05, 0.1) is 24.5 Å². The number of ether oxygens (including phenoxy) is 1. The van der Waals surface area contributed by atoms with Gasteiger partial charge in [0.25, 0.3) is 0 Å². The van der Waals surface area contributed by atoms with Crippen LogP contribution in [0.5, 0.6) is 5.75 Å². The van der Waals surface area contributed by atoms with Gasteiger partial charge in [-0.1, -0.05) is 17.7 Å². The van der Waals surface area contributed by atoms with E-state index in [0.717, 1.165) is 16.9 Å². The standard InChI is InChI=1S/C16H19FN2O/c1-11-4-6-14(20-3)12(8-11)9-16(2,18)15-7-5-13(17)10-19-15/h4-8,10H,9,18H2,1-3H3. The van der Waals surface area contributed by atoms with Gasteiger partial charge in [-0.25, -0.2) is 4.39 Å². The highest BCUT2D eigenvalue weighted by Gasteiger charge is 2.25. The van der Waals surface area contributed by atoms with Gasteiger partial charge >= 0.3 is 0 Å². The van der Waals surface area contributed by atoms with Crippen molar-refractivity contribution < 1.29 is 9.13 Å². The Morgan fingerprint density at radius 3 is 2.65 bits per heavy atom. The van der Waals surface area contributed by atoms with Crippen LogP contribution in [0.15, 0.2) is 36.5 Å². The Morgan fingerprint density at radius 1 is 1.30 bits per heavy atom. The number of halogens is 1. The van der Waals surface area contributed by atoms with Gasteiger partial charge in [0.1, 0.15) is 11.6 Å². The van der Waals surface area contributed by atoms with Crippen molar-refractivity contribution in [3.05, 3.63) is 59.2 Å². The Balaban J connectivity index is 2.32. The smallest absolute Gasteiger partial charge is 0.141 e. The molecular formula is C16H19FN2O. The summed E-state index contributed by atoms with van der Waals surface area (Å²) < 4.78 is 18.3. The molecule has 0 saturated heterocycles. The minimum atomic E-state index is -0.686. The second-order valence-electron chi connectivity index (χ2n) is 5.27. The topological polar surface area (TPSA) is 48.1 Å². The number of methoxy groups -OCH3 is 1. The fourth-order valence-electron chi connectivity index (χ4n) is 2.25. The third-order valence-electron chi connectivity index (χ3n) is 3.31. The number of aromatic nitrogens is 1. The molecule has 0 spiro atoms. The highest BCUT2D eigenvalue weighted by molar-refractivity contribution is 5.38. The normalized spacial score (nSPS) is 13.8. The lowest BCUT2D eigenvalue weighted by Crippen LogP contribution is -2.36. The minimum absolute atomic E-state index is 0.363. The third-order valence-corrected chi connectivity index (χ3v) is 3.31. The molecule has 2 rings (SSSR count). The lowest BCUT2D eigenvalue weighted by atomic mass is 9.89. The zero-order chi connectivity index (χ0) is 14.8. The first-order chi connectivity index (χ1) is 9.42. The Morgan fingerprint density at radius 2 is 2.05 bits per heavy atom. The Bertz CT molecular complexity index is 594. The fraction of sp³-hybridized carbons (Fsp3) is 0.312. The van der Waals surface area contributed by atoms with Crippen LogP contribution in [0.1, 0.15) is 23.7 Å². The predicted octanol–water partition coefficient (Wildman–Crippen LogP) is 2.95. The van der Waals surface area contributed by atoms with E-state index in [4.69, 9.17) is 10.5 Å². The van der Waals surface area contributed by atoms with Crippen molar-refractivity contribution in [3.63, 3.8) is 0 Å². The predicted molar refractivity (Wildman–Crippen MR) is 77.2 cm³/mol. The zero-order valence-electron chi connectivity index (χ0n) is 12.0. The summed E-state index contributed by atoms with van der Waals surface area (Å²) in [6.07, 6.45) is 1.75. The Kier molecular flexibility index (Phi) is 4.04. The number of aryl methyl sites for hydroxylation is 1. The van der Waals surface area contributed by atoms with E-state index in [9.17, 15) is 4.39 Å². The van der Waals surface area contributed by atoms with Gasteiger partial charge in [-0.05, 0) is 44.0 Å². The van der Waals surface area contributed by atoms with Gasteiger partial charge in [0.15, 0.2) is 0 Å². The number of benzene rings is 1. The summed E-state index contributed by atoms with van der Waals surface area (Å²) in [6.45, 7) is 3.90. The molecule has 3 nitrogen and oxygen atoms in total. The molecule has 0 aliphatic heterocycles. The molecule has 4 heteroatoms. The molecule has 0 aliphatic carbocycles. The highest BCUT2D eigenvalue weighted by Crippen LogP contribution is 2.27. The molecule has 1 atom stereocenters. The van der Waals surface area contributed by atoms with Gasteiger partial charge < -0.3 is 10.5 Å². The molecule has 1 heterocycles. The molecule has 2 aromatic rings. The van der Waals surface area contributed by atoms with Crippen molar-refractivity contribution in [1.29, 1.82) is 0 Å². The molecule has 2 N–H and O–H groups in total. The number of rotatable bonds is 4. The molecule has 0 aliphatic rings. The Labute approximate surface area is 118 Å². The minimum Gasteiger partial charge on any atom is -0.496 e. The van der Waals surface area contributed by atoms with Crippen LogP contribution < -0.4 is 10.5 Å².